The maximum absolute atomic E-state index is 13.6. The van der Waals surface area contributed by atoms with Crippen LogP contribution in [-0.4, -0.2) is 41.0 Å². The highest BCUT2D eigenvalue weighted by atomic mass is 19.1. The molecule has 4 N–H and O–H groups in total. The van der Waals surface area contributed by atoms with Gasteiger partial charge in [0.15, 0.2) is 0 Å². The maximum atomic E-state index is 13.6. The lowest BCUT2D eigenvalue weighted by Crippen LogP contribution is -2.23. The van der Waals surface area contributed by atoms with E-state index in [2.05, 4.69) is 5.32 Å². The van der Waals surface area contributed by atoms with Crippen molar-refractivity contribution in [2.45, 2.75) is 25.0 Å². The third kappa shape index (κ3) is 4.59. The van der Waals surface area contributed by atoms with Crippen LogP contribution in [0.5, 0.6) is 0 Å². The summed E-state index contributed by atoms with van der Waals surface area (Å²) in [5, 5.41) is 31.0. The first-order valence-corrected chi connectivity index (χ1v) is 5.96. The number of aliphatic hydroxyl groups is 2. The van der Waals surface area contributed by atoms with E-state index in [0.29, 0.717) is 13.0 Å². The first-order chi connectivity index (χ1) is 8.95. The zero-order chi connectivity index (χ0) is 14.4. The van der Waals surface area contributed by atoms with Crippen LogP contribution in [0.25, 0.3) is 0 Å². The first kappa shape index (κ1) is 15.6. The number of nitrogens with one attached hydrogen (secondary N) is 1. The Bertz CT molecular complexity index is 439. The summed E-state index contributed by atoms with van der Waals surface area (Å²) in [5.74, 6) is -1.82. The van der Waals surface area contributed by atoms with Crippen molar-refractivity contribution in [2.75, 3.05) is 13.6 Å². The van der Waals surface area contributed by atoms with Gasteiger partial charge in [0.1, 0.15) is 11.9 Å². The fourth-order valence-electron chi connectivity index (χ4n) is 1.73. The van der Waals surface area contributed by atoms with Gasteiger partial charge in [0.2, 0.25) is 0 Å². The largest absolute Gasteiger partial charge is 0.481 e. The van der Waals surface area contributed by atoms with Crippen molar-refractivity contribution in [1.29, 1.82) is 0 Å². The molecule has 0 fully saturated rings. The standard InChI is InChI=1S/C13H18FNO4/c1-15-5-4-11(16)13(19)9-3-2-8(7-12(17)18)10(14)6-9/h2-3,6,11,13,15-16,19H,4-5,7H2,1H3,(H,17,18). The average Bonchev–Trinajstić information content (AvgIpc) is 2.37. The van der Waals surface area contributed by atoms with Crippen LogP contribution < -0.4 is 5.32 Å². The number of carboxylic acid groups (broad SMARTS) is 1. The second-order valence-corrected chi connectivity index (χ2v) is 4.33. The molecule has 0 saturated heterocycles. The van der Waals surface area contributed by atoms with E-state index >= 15 is 0 Å². The summed E-state index contributed by atoms with van der Waals surface area (Å²) >= 11 is 0. The fourth-order valence-corrected chi connectivity index (χ4v) is 1.73. The lowest BCUT2D eigenvalue weighted by molar-refractivity contribution is -0.136. The van der Waals surface area contributed by atoms with Crippen LogP contribution in [0.1, 0.15) is 23.7 Å². The highest BCUT2D eigenvalue weighted by Gasteiger charge is 2.19. The molecule has 0 radical (unpaired) electrons. The number of halogens is 1. The molecule has 0 amide bonds. The van der Waals surface area contributed by atoms with Gasteiger partial charge in [0, 0.05) is 0 Å². The zero-order valence-corrected chi connectivity index (χ0v) is 10.6. The summed E-state index contributed by atoms with van der Waals surface area (Å²) in [6.45, 7) is 0.526. The Balaban J connectivity index is 2.79. The van der Waals surface area contributed by atoms with Crippen LogP contribution in [0.2, 0.25) is 0 Å². The van der Waals surface area contributed by atoms with Crippen LogP contribution in [0.15, 0.2) is 18.2 Å². The molecular weight excluding hydrogens is 253 g/mol. The van der Waals surface area contributed by atoms with E-state index in [1.807, 2.05) is 0 Å². The van der Waals surface area contributed by atoms with E-state index in [0.717, 1.165) is 6.07 Å². The number of carbonyl (C=O) groups is 1. The number of benzene rings is 1. The van der Waals surface area contributed by atoms with E-state index < -0.39 is 30.4 Å². The number of hydrogen-bond donors (Lipinski definition) is 4. The smallest absolute Gasteiger partial charge is 0.307 e. The molecule has 1 aromatic carbocycles. The van der Waals surface area contributed by atoms with Crippen molar-refractivity contribution in [3.05, 3.63) is 35.1 Å². The minimum absolute atomic E-state index is 0.0492. The second kappa shape index (κ2) is 7.18. The quantitative estimate of drug-likeness (QED) is 0.578. The van der Waals surface area contributed by atoms with Gasteiger partial charge in [-0.2, -0.15) is 0 Å². The first-order valence-electron chi connectivity index (χ1n) is 5.96. The van der Waals surface area contributed by atoms with E-state index in [9.17, 15) is 19.4 Å². The Labute approximate surface area is 110 Å². The van der Waals surface area contributed by atoms with Gasteiger partial charge < -0.3 is 20.6 Å². The molecule has 2 unspecified atom stereocenters. The Hall–Kier alpha value is -1.50. The van der Waals surface area contributed by atoms with Gasteiger partial charge in [-0.05, 0) is 37.2 Å². The summed E-state index contributed by atoms with van der Waals surface area (Å²) in [6.07, 6.45) is -2.28. The van der Waals surface area contributed by atoms with Crippen molar-refractivity contribution in [3.8, 4) is 0 Å². The molecule has 0 aliphatic rings. The third-order valence-electron chi connectivity index (χ3n) is 2.81. The van der Waals surface area contributed by atoms with Crippen LogP contribution >= 0.6 is 0 Å². The van der Waals surface area contributed by atoms with Crippen LogP contribution in [0, 0.1) is 5.82 Å². The Morgan fingerprint density at radius 1 is 1.42 bits per heavy atom. The molecule has 1 aromatic rings. The topological polar surface area (TPSA) is 89.8 Å². The Kier molecular flexibility index (Phi) is 5.88. The van der Waals surface area contributed by atoms with Crippen LogP contribution in [0.3, 0.4) is 0 Å². The van der Waals surface area contributed by atoms with Crippen molar-refractivity contribution < 1.29 is 24.5 Å². The molecule has 0 spiro atoms. The molecule has 2 atom stereocenters. The normalized spacial score (nSPS) is 14.1. The number of aliphatic carboxylic acids is 1. The van der Waals surface area contributed by atoms with E-state index in [1.54, 1.807) is 7.05 Å². The van der Waals surface area contributed by atoms with Gasteiger partial charge in [0.05, 0.1) is 12.5 Å². The zero-order valence-electron chi connectivity index (χ0n) is 10.6. The molecule has 1 rings (SSSR count). The van der Waals surface area contributed by atoms with E-state index in [4.69, 9.17) is 5.11 Å². The molecular formula is C13H18FNO4. The molecule has 0 bridgehead atoms. The van der Waals surface area contributed by atoms with Crippen molar-refractivity contribution in [3.63, 3.8) is 0 Å². The number of carboxylic acids is 1. The van der Waals surface area contributed by atoms with Gasteiger partial charge in [-0.1, -0.05) is 12.1 Å². The predicted octanol–water partition coefficient (Wildman–Crippen LogP) is 0.457. The van der Waals surface area contributed by atoms with Gasteiger partial charge in [-0.3, -0.25) is 4.79 Å². The van der Waals surface area contributed by atoms with Gasteiger partial charge in [-0.25, -0.2) is 4.39 Å². The Morgan fingerprint density at radius 3 is 2.63 bits per heavy atom. The highest BCUT2D eigenvalue weighted by Crippen LogP contribution is 2.21. The lowest BCUT2D eigenvalue weighted by Gasteiger charge is -2.18. The van der Waals surface area contributed by atoms with Gasteiger partial charge >= 0.3 is 5.97 Å². The third-order valence-corrected chi connectivity index (χ3v) is 2.81. The highest BCUT2D eigenvalue weighted by molar-refractivity contribution is 5.70. The number of aliphatic hydroxyl groups excluding tert-OH is 2. The average molecular weight is 271 g/mol. The number of hydrogen-bond acceptors (Lipinski definition) is 4. The van der Waals surface area contributed by atoms with Crippen LogP contribution in [-0.2, 0) is 11.2 Å². The fraction of sp³-hybridized carbons (Fsp3) is 0.462. The summed E-state index contributed by atoms with van der Waals surface area (Å²) in [6, 6.07) is 3.80. The second-order valence-electron chi connectivity index (χ2n) is 4.33. The summed E-state index contributed by atoms with van der Waals surface area (Å²) in [7, 11) is 1.72. The summed E-state index contributed by atoms with van der Waals surface area (Å²) in [4.78, 5) is 10.5. The molecule has 0 heterocycles. The molecule has 0 saturated carbocycles. The molecule has 0 aliphatic heterocycles. The van der Waals surface area contributed by atoms with Crippen LogP contribution in [0.4, 0.5) is 4.39 Å². The van der Waals surface area contributed by atoms with Crippen molar-refractivity contribution in [1.82, 2.24) is 5.32 Å². The molecule has 19 heavy (non-hydrogen) atoms. The molecule has 5 nitrogen and oxygen atoms in total. The molecule has 0 aromatic heterocycles. The molecule has 106 valence electrons. The number of rotatable bonds is 7. The van der Waals surface area contributed by atoms with E-state index in [-0.39, 0.29) is 11.1 Å². The monoisotopic (exact) mass is 271 g/mol. The van der Waals surface area contributed by atoms with Crippen molar-refractivity contribution >= 4 is 5.97 Å². The molecule has 0 aliphatic carbocycles. The SMILES string of the molecule is CNCCC(O)C(O)c1ccc(CC(=O)O)c(F)c1. The molecule has 6 heteroatoms. The predicted molar refractivity (Wildman–Crippen MR) is 67.3 cm³/mol. The van der Waals surface area contributed by atoms with Gasteiger partial charge in [-0.15, -0.1) is 0 Å². The minimum atomic E-state index is -1.19. The lowest BCUT2D eigenvalue weighted by atomic mass is 9.99. The van der Waals surface area contributed by atoms with Crippen molar-refractivity contribution in [2.24, 2.45) is 0 Å². The maximum Gasteiger partial charge on any atom is 0.307 e. The van der Waals surface area contributed by atoms with E-state index in [1.165, 1.54) is 12.1 Å². The Morgan fingerprint density at radius 2 is 2.11 bits per heavy atom. The summed E-state index contributed by atoms with van der Waals surface area (Å²) < 4.78 is 13.6. The van der Waals surface area contributed by atoms with Gasteiger partial charge in [0.25, 0.3) is 0 Å². The summed E-state index contributed by atoms with van der Waals surface area (Å²) in [5.41, 5.74) is 0.281. The minimum Gasteiger partial charge on any atom is -0.481 e.